The predicted molar refractivity (Wildman–Crippen MR) is 49.1 cm³/mol. The first-order valence-electron chi connectivity index (χ1n) is 3.22. The van der Waals surface area contributed by atoms with Crippen LogP contribution in [0.25, 0.3) is 0 Å². The van der Waals surface area contributed by atoms with Crippen LogP contribution in [0.5, 0.6) is 0 Å². The van der Waals surface area contributed by atoms with Crippen LogP contribution in [0.4, 0.5) is 0 Å². The Hall–Kier alpha value is 0.370. The molecule has 0 aromatic rings. The SMILES string of the molecule is OB(O)[PH](B(O)O)(B(O)O)B(O)O. The molecule has 0 rings (SSSR count). The molecule has 13 heavy (non-hydrogen) atoms. The molecule has 0 aliphatic carbocycles. The van der Waals surface area contributed by atoms with E-state index in [1.807, 2.05) is 0 Å². The average molecular weight is 211 g/mol. The van der Waals surface area contributed by atoms with E-state index in [0.717, 1.165) is 0 Å². The maximum atomic E-state index is 8.63. The van der Waals surface area contributed by atoms with Crippen molar-refractivity contribution in [2.45, 2.75) is 0 Å². The second kappa shape index (κ2) is 4.74. The molecule has 0 fully saturated rings. The van der Waals surface area contributed by atoms with Gasteiger partial charge in [0.05, 0.1) is 0 Å². The summed E-state index contributed by atoms with van der Waals surface area (Å²) in [4.78, 5) is 0. The fraction of sp³-hybridized carbons (Fsp3) is 0. The number of rotatable bonds is 4. The first kappa shape index (κ1) is 13.4. The summed E-state index contributed by atoms with van der Waals surface area (Å²) in [7, 11) is 0. The normalized spacial score (nSPS) is 12.3. The van der Waals surface area contributed by atoms with E-state index in [0.29, 0.717) is 0 Å². The van der Waals surface area contributed by atoms with E-state index in [9.17, 15) is 0 Å². The predicted octanol–water partition coefficient (Wildman–Crippen LogP) is -5.39. The molecule has 0 amide bonds. The van der Waals surface area contributed by atoms with Crippen molar-refractivity contribution in [2.75, 3.05) is 0 Å². The minimum atomic E-state index is -4.66. The molecule has 0 radical (unpaired) electrons. The second-order valence-corrected chi connectivity index (χ2v) is 6.56. The van der Waals surface area contributed by atoms with Gasteiger partial charge < -0.3 is 0 Å². The molecular formula is H9B4O8P. The van der Waals surface area contributed by atoms with E-state index in [-0.39, 0.29) is 0 Å². The molecule has 8 N–H and O–H groups in total. The van der Waals surface area contributed by atoms with Crippen molar-refractivity contribution in [1.29, 1.82) is 0 Å². The van der Waals surface area contributed by atoms with Gasteiger partial charge in [-0.3, -0.25) is 0 Å². The molecule has 0 bridgehead atoms. The van der Waals surface area contributed by atoms with Crippen LogP contribution >= 0.6 is 6.78 Å². The van der Waals surface area contributed by atoms with Crippen molar-refractivity contribution in [3.8, 4) is 0 Å². The van der Waals surface area contributed by atoms with Crippen molar-refractivity contribution >= 4 is 34.1 Å². The second-order valence-electron chi connectivity index (χ2n) is 2.49. The summed E-state index contributed by atoms with van der Waals surface area (Å²) in [5.41, 5.74) is 0. The van der Waals surface area contributed by atoms with Crippen LogP contribution in [-0.4, -0.2) is 67.5 Å². The summed E-state index contributed by atoms with van der Waals surface area (Å²) < 4.78 is 0. The Morgan fingerprint density at radius 1 is 0.462 bits per heavy atom. The molecule has 0 saturated heterocycles. The molecule has 0 aromatic carbocycles. The number of hydrogen-bond acceptors (Lipinski definition) is 8. The minimum absolute atomic E-state index is 2.59. The molecule has 0 spiro atoms. The Morgan fingerprint density at radius 2 is 0.615 bits per heavy atom. The summed E-state index contributed by atoms with van der Waals surface area (Å²) in [6, 6.07) is 0. The van der Waals surface area contributed by atoms with Crippen LogP contribution < -0.4 is 0 Å². The average Bonchev–Trinajstić information content (AvgIpc) is 1.82. The molecule has 0 atom stereocenters. The quantitative estimate of drug-likeness (QED) is 0.169. The summed E-state index contributed by atoms with van der Waals surface area (Å²) in [5, 5.41) is 69.0. The molecule has 0 aromatic heterocycles. The molecule has 0 saturated carbocycles. The topological polar surface area (TPSA) is 162 Å². The molecule has 8 nitrogen and oxygen atoms in total. The molecule has 74 valence electrons. The van der Waals surface area contributed by atoms with E-state index in [1.165, 1.54) is 0 Å². The molecule has 0 aliphatic heterocycles. The Morgan fingerprint density at radius 3 is 0.615 bits per heavy atom. The Kier molecular flexibility index (Phi) is 4.87. The Labute approximate surface area is 75.2 Å². The van der Waals surface area contributed by atoms with Crippen LogP contribution in [-0.2, 0) is 0 Å². The van der Waals surface area contributed by atoms with Crippen molar-refractivity contribution < 1.29 is 40.2 Å². The van der Waals surface area contributed by atoms with Gasteiger partial charge in [0.25, 0.3) is 0 Å². The van der Waals surface area contributed by atoms with Crippen LogP contribution in [0.1, 0.15) is 0 Å². The van der Waals surface area contributed by atoms with Crippen LogP contribution in [0.3, 0.4) is 0 Å². The molecule has 0 heterocycles. The van der Waals surface area contributed by atoms with Gasteiger partial charge in [-0.25, -0.2) is 0 Å². The molecule has 0 aliphatic rings. The van der Waals surface area contributed by atoms with Crippen LogP contribution in [0.2, 0.25) is 0 Å². The van der Waals surface area contributed by atoms with Crippen molar-refractivity contribution in [2.24, 2.45) is 0 Å². The van der Waals surface area contributed by atoms with Crippen molar-refractivity contribution in [1.82, 2.24) is 0 Å². The van der Waals surface area contributed by atoms with E-state index >= 15 is 0 Å². The Balaban J connectivity index is 5.06. The van der Waals surface area contributed by atoms with E-state index < -0.39 is 34.1 Å². The third-order valence-electron chi connectivity index (χ3n) is 1.79. The fourth-order valence-corrected chi connectivity index (χ4v) is 2.40. The monoisotopic (exact) mass is 212 g/mol. The van der Waals surface area contributed by atoms with Gasteiger partial charge in [0.2, 0.25) is 0 Å². The van der Waals surface area contributed by atoms with Gasteiger partial charge >= 0.3 is 74.3 Å². The standard InChI is InChI=1S/B4H9O8P/c5-1(6)13(2(7)8,3(9)10)4(11)12/h5-13H. The van der Waals surface area contributed by atoms with Crippen LogP contribution in [0, 0.1) is 0 Å². The first-order valence-corrected chi connectivity index (χ1v) is 5.53. The summed E-state index contributed by atoms with van der Waals surface area (Å²) >= 11 is 0. The Bertz CT molecular complexity index is 119. The van der Waals surface area contributed by atoms with Gasteiger partial charge in [0.15, 0.2) is 0 Å². The van der Waals surface area contributed by atoms with Crippen molar-refractivity contribution in [3.05, 3.63) is 0 Å². The van der Waals surface area contributed by atoms with Gasteiger partial charge in [-0.2, -0.15) is 0 Å². The van der Waals surface area contributed by atoms with E-state index in [1.54, 1.807) is 0 Å². The third kappa shape index (κ3) is 2.24. The van der Waals surface area contributed by atoms with Gasteiger partial charge in [0.1, 0.15) is 0 Å². The third-order valence-corrected chi connectivity index (χ3v) is 5.37. The molecular weight excluding hydrogens is 202 g/mol. The summed E-state index contributed by atoms with van der Waals surface area (Å²) in [6.07, 6.45) is 0. The first-order chi connectivity index (χ1) is 5.77. The van der Waals surface area contributed by atoms with Gasteiger partial charge in [-0.05, 0) is 0 Å². The number of hydrogen-bond donors (Lipinski definition) is 8. The fourth-order valence-electron chi connectivity index (χ4n) is 0.800. The van der Waals surface area contributed by atoms with E-state index in [4.69, 9.17) is 40.2 Å². The summed E-state index contributed by atoms with van der Waals surface area (Å²) in [5.74, 6) is 0. The van der Waals surface area contributed by atoms with Gasteiger partial charge in [-0.1, -0.05) is 0 Å². The molecule has 0 unspecified atom stereocenters. The molecule has 13 heteroatoms. The zero-order chi connectivity index (χ0) is 10.8. The van der Waals surface area contributed by atoms with Crippen molar-refractivity contribution in [3.63, 3.8) is 0 Å². The van der Waals surface area contributed by atoms with Gasteiger partial charge in [0, 0.05) is 0 Å². The van der Waals surface area contributed by atoms with Gasteiger partial charge in [-0.15, -0.1) is 0 Å². The zero-order valence-corrected chi connectivity index (χ0v) is 7.39. The summed E-state index contributed by atoms with van der Waals surface area (Å²) in [6.45, 7) is -15.0. The zero-order valence-electron chi connectivity index (χ0n) is 6.39. The van der Waals surface area contributed by atoms with Crippen LogP contribution in [0.15, 0.2) is 0 Å². The van der Waals surface area contributed by atoms with E-state index in [2.05, 4.69) is 0 Å². The maximum absolute atomic E-state index is 8.63.